The fourth-order valence-electron chi connectivity index (χ4n) is 4.48. The molecule has 2 aromatic heterocycles. The van der Waals surface area contributed by atoms with Gasteiger partial charge in [0.2, 0.25) is 5.92 Å². The molecule has 10 heteroatoms. The lowest BCUT2D eigenvalue weighted by Gasteiger charge is -2.34. The maximum absolute atomic E-state index is 13.3. The average molecular weight is 491 g/mol. The van der Waals surface area contributed by atoms with Gasteiger partial charge < -0.3 is 9.84 Å². The first-order valence-corrected chi connectivity index (χ1v) is 11.4. The molecule has 190 valence electrons. The van der Waals surface area contributed by atoms with Crippen molar-refractivity contribution in [3.63, 3.8) is 0 Å². The molecule has 5 nitrogen and oxygen atoms in total. The minimum absolute atomic E-state index is 0.0456. The van der Waals surface area contributed by atoms with Crippen LogP contribution in [0.4, 0.5) is 22.0 Å². The third kappa shape index (κ3) is 6.46. The molecular weight excluding hydrogens is 459 g/mol. The van der Waals surface area contributed by atoms with Crippen molar-refractivity contribution in [2.75, 3.05) is 6.61 Å². The monoisotopic (exact) mass is 490 g/mol. The van der Waals surface area contributed by atoms with Gasteiger partial charge in [0, 0.05) is 37.8 Å². The van der Waals surface area contributed by atoms with Crippen LogP contribution in [0.15, 0.2) is 12.3 Å². The number of carbonyl (C=O) groups excluding carboxylic acids is 1. The number of Topliss-reactive ketones (excluding diaryl/α,β-unsaturated/α-hetero) is 1. The molecule has 3 rings (SSSR count). The molecule has 0 amide bonds. The van der Waals surface area contributed by atoms with Crippen LogP contribution in [0.25, 0.3) is 5.65 Å². The van der Waals surface area contributed by atoms with Crippen LogP contribution in [0.2, 0.25) is 0 Å². The Hall–Kier alpha value is -2.23. The molecule has 2 aromatic rings. The van der Waals surface area contributed by atoms with E-state index in [2.05, 4.69) is 4.98 Å². The number of imidazole rings is 1. The summed E-state index contributed by atoms with van der Waals surface area (Å²) in [5.41, 5.74) is 0.473. The van der Waals surface area contributed by atoms with Crippen LogP contribution in [-0.2, 0) is 0 Å². The van der Waals surface area contributed by atoms with Crippen LogP contribution in [0.5, 0.6) is 5.75 Å². The van der Waals surface area contributed by atoms with Gasteiger partial charge in [-0.1, -0.05) is 0 Å². The van der Waals surface area contributed by atoms with Crippen molar-refractivity contribution in [3.05, 3.63) is 29.2 Å². The van der Waals surface area contributed by atoms with Crippen molar-refractivity contribution in [1.82, 2.24) is 9.38 Å². The fraction of sp³-hybridized carbons (Fsp3) is 0.667. The van der Waals surface area contributed by atoms with Crippen LogP contribution in [0, 0.1) is 25.7 Å². The summed E-state index contributed by atoms with van der Waals surface area (Å²) in [6.07, 6.45) is -4.30. The van der Waals surface area contributed by atoms with Gasteiger partial charge in [-0.3, -0.25) is 9.20 Å². The van der Waals surface area contributed by atoms with E-state index in [0.29, 0.717) is 17.1 Å². The number of aliphatic hydroxyl groups is 1. The predicted molar refractivity (Wildman–Crippen MR) is 116 cm³/mol. The number of nitrogens with zero attached hydrogens (tertiary/aromatic N) is 2. The van der Waals surface area contributed by atoms with E-state index >= 15 is 0 Å². The Kier molecular flexibility index (Phi) is 7.32. The molecule has 34 heavy (non-hydrogen) atoms. The summed E-state index contributed by atoms with van der Waals surface area (Å²) in [5, 5.41) is 10.5. The molecule has 0 bridgehead atoms. The smallest absolute Gasteiger partial charge is 0.389 e. The third-order valence-corrected chi connectivity index (χ3v) is 6.35. The molecule has 1 aliphatic carbocycles. The lowest BCUT2D eigenvalue weighted by atomic mass is 9.82. The zero-order chi connectivity index (χ0) is 25.5. The molecule has 0 saturated heterocycles. The van der Waals surface area contributed by atoms with Gasteiger partial charge in [0.05, 0.1) is 17.9 Å². The van der Waals surface area contributed by atoms with Crippen LogP contribution < -0.4 is 4.74 Å². The van der Waals surface area contributed by atoms with E-state index in [4.69, 9.17) is 4.74 Å². The van der Waals surface area contributed by atoms with Crippen molar-refractivity contribution in [2.24, 2.45) is 11.8 Å². The number of pyridine rings is 1. The molecule has 1 N–H and O–H groups in total. The summed E-state index contributed by atoms with van der Waals surface area (Å²) in [6, 6.07) is 1.73. The minimum atomic E-state index is -4.30. The van der Waals surface area contributed by atoms with E-state index in [0.717, 1.165) is 5.56 Å². The lowest BCUT2D eigenvalue weighted by Crippen LogP contribution is -2.38. The van der Waals surface area contributed by atoms with E-state index in [1.54, 1.807) is 30.5 Å². The van der Waals surface area contributed by atoms with Crippen LogP contribution in [0.3, 0.4) is 0 Å². The molecule has 0 aliphatic heterocycles. The SMILES string of the molecule is Cc1cc(OCC2CC(F)(F)C2)c2nc(C)c(C(=O)CC(CCCC(F)(F)F)C(C)(C)O)n2c1. The number of fused-ring (bicyclic) bond motifs is 1. The highest BCUT2D eigenvalue weighted by Crippen LogP contribution is 2.42. The Balaban J connectivity index is 1.80. The van der Waals surface area contributed by atoms with E-state index in [9.17, 15) is 31.9 Å². The molecule has 1 fully saturated rings. The van der Waals surface area contributed by atoms with Crippen molar-refractivity contribution < 1.29 is 36.6 Å². The maximum Gasteiger partial charge on any atom is 0.389 e. The predicted octanol–water partition coefficient (Wildman–Crippen LogP) is 6.07. The number of carbonyl (C=O) groups is 1. The summed E-state index contributed by atoms with van der Waals surface area (Å²) in [5.74, 6) is -3.54. The molecule has 0 radical (unpaired) electrons. The van der Waals surface area contributed by atoms with Crippen LogP contribution >= 0.6 is 0 Å². The Bertz CT molecular complexity index is 1030. The number of aromatic nitrogens is 2. The highest BCUT2D eigenvalue weighted by atomic mass is 19.4. The van der Waals surface area contributed by atoms with Crippen molar-refractivity contribution in [3.8, 4) is 5.75 Å². The quantitative estimate of drug-likeness (QED) is 0.325. The number of rotatable bonds is 10. The minimum Gasteiger partial charge on any atom is -0.489 e. The van der Waals surface area contributed by atoms with Gasteiger partial charge >= 0.3 is 6.18 Å². The number of hydrogen-bond donors (Lipinski definition) is 1. The summed E-state index contributed by atoms with van der Waals surface area (Å²) in [6.45, 7) is 6.53. The molecule has 2 heterocycles. The molecule has 1 unspecified atom stereocenters. The molecule has 1 aliphatic rings. The highest BCUT2D eigenvalue weighted by molar-refractivity contribution is 5.97. The molecule has 1 atom stereocenters. The Labute approximate surface area is 195 Å². The number of aryl methyl sites for hydroxylation is 2. The molecule has 0 aromatic carbocycles. The third-order valence-electron chi connectivity index (χ3n) is 6.35. The molecule has 1 saturated carbocycles. The second-order valence-electron chi connectivity index (χ2n) is 10.0. The second kappa shape index (κ2) is 9.43. The van der Waals surface area contributed by atoms with E-state index < -0.39 is 30.0 Å². The Morgan fingerprint density at radius 1 is 1.29 bits per heavy atom. The van der Waals surface area contributed by atoms with E-state index in [1.807, 2.05) is 0 Å². The standard InChI is InChI=1S/C24H31F5N2O3/c1-14-8-19(34-13-16-10-23(25,26)11-16)21-30-15(2)20(31(21)12-14)18(32)9-17(22(3,4)33)6-5-7-24(27,28)29/h8,12,16-17,33H,5-7,9-11,13H2,1-4H3. The van der Waals surface area contributed by atoms with Gasteiger partial charge in [0.1, 0.15) is 5.69 Å². The van der Waals surface area contributed by atoms with Crippen molar-refractivity contribution >= 4 is 11.4 Å². The zero-order valence-corrected chi connectivity index (χ0v) is 19.8. The van der Waals surface area contributed by atoms with Gasteiger partial charge in [0.25, 0.3) is 0 Å². The highest BCUT2D eigenvalue weighted by Gasteiger charge is 2.45. The molecular formula is C24H31F5N2O3. The molecule has 0 spiro atoms. The Morgan fingerprint density at radius 3 is 2.50 bits per heavy atom. The van der Waals surface area contributed by atoms with Gasteiger partial charge in [-0.05, 0) is 58.1 Å². The van der Waals surface area contributed by atoms with Crippen LogP contribution in [0.1, 0.15) is 74.1 Å². The number of halogens is 5. The first-order chi connectivity index (χ1) is 15.6. The summed E-state index contributed by atoms with van der Waals surface area (Å²) < 4.78 is 71.3. The largest absolute Gasteiger partial charge is 0.489 e. The Morgan fingerprint density at radius 2 is 1.94 bits per heavy atom. The zero-order valence-electron chi connectivity index (χ0n) is 19.8. The lowest BCUT2D eigenvalue weighted by molar-refractivity contribution is -0.137. The summed E-state index contributed by atoms with van der Waals surface area (Å²) >= 11 is 0. The number of hydrogen-bond acceptors (Lipinski definition) is 4. The average Bonchev–Trinajstić information content (AvgIpc) is 2.97. The van der Waals surface area contributed by atoms with Gasteiger partial charge in [-0.2, -0.15) is 13.2 Å². The number of ketones is 1. The van der Waals surface area contributed by atoms with Crippen LogP contribution in [-0.4, -0.2) is 44.6 Å². The first-order valence-electron chi connectivity index (χ1n) is 11.4. The van der Waals surface area contributed by atoms with Gasteiger partial charge in [-0.25, -0.2) is 13.8 Å². The van der Waals surface area contributed by atoms with Gasteiger partial charge in [-0.15, -0.1) is 0 Å². The second-order valence-corrected chi connectivity index (χ2v) is 10.0. The fourth-order valence-corrected chi connectivity index (χ4v) is 4.48. The number of alkyl halides is 5. The van der Waals surface area contributed by atoms with E-state index in [-0.39, 0.29) is 56.1 Å². The van der Waals surface area contributed by atoms with Gasteiger partial charge in [0.15, 0.2) is 17.2 Å². The normalized spacial score (nSPS) is 17.6. The van der Waals surface area contributed by atoms with Crippen molar-refractivity contribution in [1.29, 1.82) is 0 Å². The summed E-state index contributed by atoms with van der Waals surface area (Å²) in [7, 11) is 0. The number of ether oxygens (including phenoxy) is 1. The summed E-state index contributed by atoms with van der Waals surface area (Å²) in [4.78, 5) is 17.7. The topological polar surface area (TPSA) is 63.8 Å². The maximum atomic E-state index is 13.3. The first kappa shape index (κ1) is 26.4. The van der Waals surface area contributed by atoms with Crippen molar-refractivity contribution in [2.45, 2.75) is 83.9 Å². The van der Waals surface area contributed by atoms with E-state index in [1.165, 1.54) is 13.8 Å².